The Morgan fingerprint density at radius 3 is 2.45 bits per heavy atom. The number of pyridine rings is 1. The van der Waals surface area contributed by atoms with E-state index in [1.807, 2.05) is 24.3 Å². The Bertz CT molecular complexity index is 569. The van der Waals surface area contributed by atoms with Crippen molar-refractivity contribution in [2.45, 2.75) is 6.54 Å². The van der Waals surface area contributed by atoms with Crippen molar-refractivity contribution in [2.75, 3.05) is 19.0 Å². The first kappa shape index (κ1) is 14.3. The molecule has 104 valence electrons. The quantitative estimate of drug-likeness (QED) is 0.868. The van der Waals surface area contributed by atoms with Crippen molar-refractivity contribution in [3.05, 3.63) is 59.4 Å². The Morgan fingerprint density at radius 2 is 1.90 bits per heavy atom. The highest BCUT2D eigenvalue weighted by molar-refractivity contribution is 6.30. The van der Waals surface area contributed by atoms with Crippen LogP contribution in [0.25, 0.3) is 0 Å². The van der Waals surface area contributed by atoms with Gasteiger partial charge in [-0.3, -0.25) is 9.88 Å². The Hall–Kier alpha value is -2.07. The molecule has 2 amide bonds. The molecule has 0 aliphatic heterocycles. The number of carbonyl (C=O) groups is 1. The highest BCUT2D eigenvalue weighted by Gasteiger charge is 2.17. The second kappa shape index (κ2) is 6.39. The van der Waals surface area contributed by atoms with Gasteiger partial charge in [0, 0.05) is 37.2 Å². The lowest BCUT2D eigenvalue weighted by atomic mass is 10.2. The second-order valence-electron chi connectivity index (χ2n) is 4.60. The third-order valence-electron chi connectivity index (χ3n) is 2.82. The van der Waals surface area contributed by atoms with Gasteiger partial charge in [-0.1, -0.05) is 17.7 Å². The number of aromatic nitrogens is 1. The van der Waals surface area contributed by atoms with Crippen LogP contribution in [0.2, 0.25) is 5.02 Å². The van der Waals surface area contributed by atoms with E-state index in [9.17, 15) is 4.79 Å². The number of benzene rings is 1. The van der Waals surface area contributed by atoms with Crippen LogP contribution in [0.15, 0.2) is 48.8 Å². The molecule has 1 heterocycles. The molecule has 0 radical (unpaired) electrons. The molecular weight excluding hydrogens is 274 g/mol. The van der Waals surface area contributed by atoms with Gasteiger partial charge in [-0.15, -0.1) is 0 Å². The van der Waals surface area contributed by atoms with Gasteiger partial charge < -0.3 is 4.90 Å². The number of halogens is 1. The Labute approximate surface area is 123 Å². The van der Waals surface area contributed by atoms with Crippen LogP contribution in [-0.4, -0.2) is 30.0 Å². The summed E-state index contributed by atoms with van der Waals surface area (Å²) < 4.78 is 0. The molecule has 0 saturated heterocycles. The topological polar surface area (TPSA) is 36.4 Å². The van der Waals surface area contributed by atoms with E-state index < -0.39 is 0 Å². The SMILES string of the molecule is CN(C)C(=O)N(Cc1cccnc1)c1ccc(Cl)cc1. The molecule has 0 saturated carbocycles. The lowest BCUT2D eigenvalue weighted by Gasteiger charge is -2.26. The zero-order chi connectivity index (χ0) is 14.5. The number of nitrogens with zero attached hydrogens (tertiary/aromatic N) is 3. The molecule has 1 aromatic heterocycles. The first-order chi connectivity index (χ1) is 9.58. The predicted molar refractivity (Wildman–Crippen MR) is 81.0 cm³/mol. The minimum absolute atomic E-state index is 0.0869. The van der Waals surface area contributed by atoms with Crippen molar-refractivity contribution in [3.8, 4) is 0 Å². The first-order valence-corrected chi connectivity index (χ1v) is 6.59. The monoisotopic (exact) mass is 289 g/mol. The van der Waals surface area contributed by atoms with Crippen molar-refractivity contribution in [1.29, 1.82) is 0 Å². The summed E-state index contributed by atoms with van der Waals surface area (Å²) in [7, 11) is 3.46. The highest BCUT2D eigenvalue weighted by Crippen LogP contribution is 2.21. The van der Waals surface area contributed by atoms with Crippen molar-refractivity contribution >= 4 is 23.3 Å². The molecule has 4 nitrogen and oxygen atoms in total. The fourth-order valence-electron chi connectivity index (χ4n) is 1.81. The molecule has 0 N–H and O–H groups in total. The van der Waals surface area contributed by atoms with Crippen LogP contribution >= 0.6 is 11.6 Å². The Morgan fingerprint density at radius 1 is 1.20 bits per heavy atom. The molecule has 0 atom stereocenters. The summed E-state index contributed by atoms with van der Waals surface area (Å²) in [6.45, 7) is 0.465. The number of amides is 2. The maximum absolute atomic E-state index is 12.3. The second-order valence-corrected chi connectivity index (χ2v) is 5.04. The molecule has 0 fully saturated rings. The number of rotatable bonds is 3. The molecular formula is C15H16ClN3O. The van der Waals surface area contributed by atoms with E-state index in [4.69, 9.17) is 11.6 Å². The first-order valence-electron chi connectivity index (χ1n) is 6.21. The van der Waals surface area contributed by atoms with E-state index in [0.717, 1.165) is 11.3 Å². The van der Waals surface area contributed by atoms with Gasteiger partial charge in [0.25, 0.3) is 0 Å². The van der Waals surface area contributed by atoms with Gasteiger partial charge in [0.15, 0.2) is 0 Å². The lowest BCUT2D eigenvalue weighted by Crippen LogP contribution is -2.38. The van der Waals surface area contributed by atoms with Crippen molar-refractivity contribution in [3.63, 3.8) is 0 Å². The molecule has 0 unspecified atom stereocenters. The summed E-state index contributed by atoms with van der Waals surface area (Å²) in [5.41, 5.74) is 1.77. The number of hydrogen-bond acceptors (Lipinski definition) is 2. The van der Waals surface area contributed by atoms with Crippen molar-refractivity contribution < 1.29 is 4.79 Å². The summed E-state index contributed by atoms with van der Waals surface area (Å²) in [4.78, 5) is 19.6. The summed E-state index contributed by atoms with van der Waals surface area (Å²) >= 11 is 5.89. The molecule has 0 aliphatic rings. The average Bonchev–Trinajstić information content (AvgIpc) is 2.46. The minimum atomic E-state index is -0.0869. The standard InChI is InChI=1S/C15H16ClN3O/c1-18(2)15(20)19(11-12-4-3-9-17-10-12)14-7-5-13(16)6-8-14/h3-10H,11H2,1-2H3. The number of anilines is 1. The van der Waals surface area contributed by atoms with E-state index in [1.54, 1.807) is 48.4 Å². The zero-order valence-electron chi connectivity index (χ0n) is 11.5. The zero-order valence-corrected chi connectivity index (χ0v) is 12.2. The van der Waals surface area contributed by atoms with Gasteiger partial charge in [0.2, 0.25) is 0 Å². The average molecular weight is 290 g/mol. The molecule has 2 aromatic rings. The van der Waals surface area contributed by atoms with E-state index in [1.165, 1.54) is 0 Å². The molecule has 0 bridgehead atoms. The normalized spacial score (nSPS) is 10.2. The highest BCUT2D eigenvalue weighted by atomic mass is 35.5. The van der Waals surface area contributed by atoms with E-state index >= 15 is 0 Å². The van der Waals surface area contributed by atoms with Crippen LogP contribution < -0.4 is 4.90 Å². The van der Waals surface area contributed by atoms with Gasteiger partial charge >= 0.3 is 6.03 Å². The van der Waals surface area contributed by atoms with Crippen LogP contribution in [0.3, 0.4) is 0 Å². The number of urea groups is 1. The van der Waals surface area contributed by atoms with Crippen LogP contribution in [-0.2, 0) is 6.54 Å². The third kappa shape index (κ3) is 3.48. The number of carbonyl (C=O) groups excluding carboxylic acids is 1. The largest absolute Gasteiger partial charge is 0.330 e. The maximum atomic E-state index is 12.3. The van der Waals surface area contributed by atoms with Crippen LogP contribution in [0, 0.1) is 0 Å². The van der Waals surface area contributed by atoms with Crippen LogP contribution in [0.5, 0.6) is 0 Å². The summed E-state index contributed by atoms with van der Waals surface area (Å²) in [5.74, 6) is 0. The van der Waals surface area contributed by atoms with Crippen molar-refractivity contribution in [2.24, 2.45) is 0 Å². The Kier molecular flexibility index (Phi) is 4.58. The summed E-state index contributed by atoms with van der Waals surface area (Å²) in [6, 6.07) is 10.9. The summed E-state index contributed by atoms with van der Waals surface area (Å²) in [6.07, 6.45) is 3.47. The van der Waals surface area contributed by atoms with Gasteiger partial charge in [-0.05, 0) is 35.9 Å². The summed E-state index contributed by atoms with van der Waals surface area (Å²) in [5, 5.41) is 0.646. The van der Waals surface area contributed by atoms with Crippen LogP contribution in [0.4, 0.5) is 10.5 Å². The third-order valence-corrected chi connectivity index (χ3v) is 3.07. The Balaban J connectivity index is 2.30. The van der Waals surface area contributed by atoms with Gasteiger partial charge in [-0.2, -0.15) is 0 Å². The molecule has 2 rings (SSSR count). The molecule has 5 heteroatoms. The molecule has 0 spiro atoms. The van der Waals surface area contributed by atoms with Gasteiger partial charge in [-0.25, -0.2) is 4.79 Å². The maximum Gasteiger partial charge on any atom is 0.324 e. The fraction of sp³-hybridized carbons (Fsp3) is 0.200. The van der Waals surface area contributed by atoms with E-state index in [0.29, 0.717) is 11.6 Å². The van der Waals surface area contributed by atoms with Crippen LogP contribution in [0.1, 0.15) is 5.56 Å². The molecule has 1 aromatic carbocycles. The van der Waals surface area contributed by atoms with E-state index in [2.05, 4.69) is 4.98 Å². The smallest absolute Gasteiger partial charge is 0.324 e. The van der Waals surface area contributed by atoms with Gasteiger partial charge in [0.1, 0.15) is 0 Å². The lowest BCUT2D eigenvalue weighted by molar-refractivity contribution is 0.223. The number of hydrogen-bond donors (Lipinski definition) is 0. The minimum Gasteiger partial charge on any atom is -0.330 e. The predicted octanol–water partition coefficient (Wildman–Crippen LogP) is 3.42. The molecule has 0 aliphatic carbocycles. The molecule has 20 heavy (non-hydrogen) atoms. The van der Waals surface area contributed by atoms with Gasteiger partial charge in [0.05, 0.1) is 6.54 Å². The fourth-order valence-corrected chi connectivity index (χ4v) is 1.93. The van der Waals surface area contributed by atoms with E-state index in [-0.39, 0.29) is 6.03 Å². The van der Waals surface area contributed by atoms with Crippen molar-refractivity contribution in [1.82, 2.24) is 9.88 Å².